The molecule has 5 rings (SSSR count). The Hall–Kier alpha value is -2.34. The van der Waals surface area contributed by atoms with Gasteiger partial charge in [-0.2, -0.15) is 0 Å². The first-order valence-corrected chi connectivity index (χ1v) is 10.1. The molecule has 2 N–H and O–H groups in total. The number of hydrogen-bond acceptors (Lipinski definition) is 4. The van der Waals surface area contributed by atoms with Crippen LogP contribution in [-0.4, -0.2) is 47.9 Å². The third kappa shape index (κ3) is 3.02. The predicted octanol–water partition coefficient (Wildman–Crippen LogP) is 2.68. The van der Waals surface area contributed by atoms with Gasteiger partial charge in [0.2, 0.25) is 0 Å². The highest BCUT2D eigenvalue weighted by molar-refractivity contribution is 6.08. The Morgan fingerprint density at radius 2 is 2.00 bits per heavy atom. The molecule has 2 bridgehead atoms. The number of nitrogens with one attached hydrogen (secondary N) is 2. The van der Waals surface area contributed by atoms with Crippen LogP contribution in [0.1, 0.15) is 59.2 Å². The molecule has 142 valence electrons. The summed E-state index contributed by atoms with van der Waals surface area (Å²) >= 11 is 0. The van der Waals surface area contributed by atoms with E-state index in [-0.39, 0.29) is 17.9 Å². The quantitative estimate of drug-likeness (QED) is 0.875. The molecule has 0 saturated carbocycles. The molecule has 3 saturated heterocycles. The molecule has 27 heavy (non-hydrogen) atoms. The molecule has 0 spiro atoms. The number of rotatable bonds is 3. The summed E-state index contributed by atoms with van der Waals surface area (Å²) in [5.41, 5.74) is 1.79. The number of benzene rings is 1. The van der Waals surface area contributed by atoms with Crippen LogP contribution in [0.3, 0.4) is 0 Å². The maximum Gasteiger partial charge on any atom is 0.257 e. The van der Waals surface area contributed by atoms with Crippen LogP contribution < -0.4 is 10.6 Å². The van der Waals surface area contributed by atoms with Gasteiger partial charge in [0.1, 0.15) is 11.8 Å². The van der Waals surface area contributed by atoms with Crippen molar-refractivity contribution in [2.75, 3.05) is 13.1 Å². The average Bonchev–Trinajstić information content (AvgIpc) is 3.43. The molecular weight excluding hydrogens is 342 g/mol. The van der Waals surface area contributed by atoms with Crippen molar-refractivity contribution in [3.63, 3.8) is 0 Å². The smallest absolute Gasteiger partial charge is 0.257 e. The molecule has 0 radical (unpaired) electrons. The van der Waals surface area contributed by atoms with Gasteiger partial charge in [0.25, 0.3) is 11.8 Å². The van der Waals surface area contributed by atoms with Crippen molar-refractivity contribution in [3.8, 4) is 0 Å². The van der Waals surface area contributed by atoms with E-state index in [2.05, 4.69) is 10.6 Å². The fourth-order valence-electron chi connectivity index (χ4n) is 4.84. The molecule has 6 heteroatoms. The van der Waals surface area contributed by atoms with Gasteiger partial charge in [-0.05, 0) is 56.7 Å². The number of piperidine rings is 1. The standard InChI is InChI=1S/C21H25N3O3/c25-20(23-18-11-14-5-6-17(18)22-14)13-4-7-19-15(10-13)16(12-27-19)21(26)24-8-2-1-3-9-24/h4,7,10,12,14,17-18,22H,1-3,5-6,8-9,11H2,(H,23,25)/t14-,17+,18-/m1/s1. The summed E-state index contributed by atoms with van der Waals surface area (Å²) in [6.45, 7) is 1.59. The highest BCUT2D eigenvalue weighted by atomic mass is 16.3. The van der Waals surface area contributed by atoms with E-state index in [0.717, 1.165) is 44.2 Å². The number of furan rings is 1. The molecule has 0 aliphatic carbocycles. The van der Waals surface area contributed by atoms with Gasteiger partial charge in [0.15, 0.2) is 0 Å². The summed E-state index contributed by atoms with van der Waals surface area (Å²) in [5.74, 6) is -0.0721. The van der Waals surface area contributed by atoms with Gasteiger partial charge in [-0.1, -0.05) is 0 Å². The second-order valence-corrected chi connectivity index (χ2v) is 8.08. The minimum atomic E-state index is -0.0752. The van der Waals surface area contributed by atoms with Gasteiger partial charge in [0, 0.05) is 42.2 Å². The lowest BCUT2D eigenvalue weighted by atomic mass is 9.95. The molecule has 3 atom stereocenters. The molecule has 4 heterocycles. The maximum absolute atomic E-state index is 12.9. The van der Waals surface area contributed by atoms with Gasteiger partial charge in [-0.3, -0.25) is 9.59 Å². The number of amides is 2. The Morgan fingerprint density at radius 3 is 2.74 bits per heavy atom. The lowest BCUT2D eigenvalue weighted by Crippen LogP contribution is -2.42. The number of hydrogen-bond donors (Lipinski definition) is 2. The van der Waals surface area contributed by atoms with Gasteiger partial charge >= 0.3 is 0 Å². The Bertz CT molecular complexity index is 884. The van der Waals surface area contributed by atoms with E-state index in [1.165, 1.54) is 19.1 Å². The minimum Gasteiger partial charge on any atom is -0.463 e. The van der Waals surface area contributed by atoms with Crippen molar-refractivity contribution in [1.82, 2.24) is 15.5 Å². The van der Waals surface area contributed by atoms with Crippen molar-refractivity contribution in [2.45, 2.75) is 56.7 Å². The van der Waals surface area contributed by atoms with Crippen LogP contribution >= 0.6 is 0 Å². The summed E-state index contributed by atoms with van der Waals surface area (Å²) in [6.07, 6.45) is 8.15. The molecule has 3 aliphatic rings. The zero-order valence-corrected chi connectivity index (χ0v) is 15.4. The monoisotopic (exact) mass is 367 g/mol. The number of carbonyl (C=O) groups is 2. The Morgan fingerprint density at radius 1 is 1.15 bits per heavy atom. The Kier molecular flexibility index (Phi) is 4.16. The highest BCUT2D eigenvalue weighted by Crippen LogP contribution is 2.29. The molecule has 1 aromatic carbocycles. The van der Waals surface area contributed by atoms with E-state index >= 15 is 0 Å². The molecule has 2 aromatic rings. The topological polar surface area (TPSA) is 74.6 Å². The summed E-state index contributed by atoms with van der Waals surface area (Å²) in [4.78, 5) is 27.5. The van der Waals surface area contributed by atoms with Gasteiger partial charge in [-0.25, -0.2) is 0 Å². The van der Waals surface area contributed by atoms with Crippen LogP contribution in [0.25, 0.3) is 11.0 Å². The summed E-state index contributed by atoms with van der Waals surface area (Å²) in [7, 11) is 0. The van der Waals surface area contributed by atoms with E-state index in [4.69, 9.17) is 4.42 Å². The zero-order valence-electron chi connectivity index (χ0n) is 15.4. The average molecular weight is 367 g/mol. The van der Waals surface area contributed by atoms with Gasteiger partial charge in [-0.15, -0.1) is 0 Å². The van der Waals surface area contributed by atoms with E-state index in [1.54, 1.807) is 18.2 Å². The fourth-order valence-corrected chi connectivity index (χ4v) is 4.84. The molecule has 1 aromatic heterocycles. The fraction of sp³-hybridized carbons (Fsp3) is 0.524. The van der Waals surface area contributed by atoms with Crippen molar-refractivity contribution in [1.29, 1.82) is 0 Å². The summed E-state index contributed by atoms with van der Waals surface area (Å²) < 4.78 is 5.58. The van der Waals surface area contributed by atoms with Crippen LogP contribution in [0.2, 0.25) is 0 Å². The molecule has 6 nitrogen and oxygen atoms in total. The maximum atomic E-state index is 12.9. The van der Waals surface area contributed by atoms with E-state index in [9.17, 15) is 9.59 Å². The molecule has 3 aliphatic heterocycles. The highest BCUT2D eigenvalue weighted by Gasteiger charge is 2.39. The third-order valence-corrected chi connectivity index (χ3v) is 6.33. The molecule has 0 unspecified atom stereocenters. The predicted molar refractivity (Wildman–Crippen MR) is 102 cm³/mol. The van der Waals surface area contributed by atoms with Crippen LogP contribution in [0, 0.1) is 0 Å². The van der Waals surface area contributed by atoms with Crippen molar-refractivity contribution >= 4 is 22.8 Å². The van der Waals surface area contributed by atoms with Gasteiger partial charge in [0.05, 0.1) is 5.56 Å². The third-order valence-electron chi connectivity index (χ3n) is 6.33. The number of nitrogens with zero attached hydrogens (tertiary/aromatic N) is 1. The Labute approximate surface area is 158 Å². The second-order valence-electron chi connectivity index (χ2n) is 8.08. The number of likely N-dealkylation sites (tertiary alicyclic amines) is 1. The van der Waals surface area contributed by atoms with E-state index in [0.29, 0.717) is 28.8 Å². The lowest BCUT2D eigenvalue weighted by molar-refractivity contribution is 0.0725. The van der Waals surface area contributed by atoms with Crippen molar-refractivity contribution in [3.05, 3.63) is 35.6 Å². The SMILES string of the molecule is O=C(N[C@@H]1C[C@H]2CC[C@@H]1N2)c1ccc2occ(C(=O)N3CCCCC3)c2c1. The summed E-state index contributed by atoms with van der Waals surface area (Å²) in [6, 6.07) is 6.50. The lowest BCUT2D eigenvalue weighted by Gasteiger charge is -2.26. The number of carbonyl (C=O) groups excluding carboxylic acids is 2. The van der Waals surface area contributed by atoms with Gasteiger partial charge < -0.3 is 20.0 Å². The first-order chi connectivity index (χ1) is 13.2. The molecule has 3 fully saturated rings. The zero-order chi connectivity index (χ0) is 18.4. The second kappa shape index (κ2) is 6.68. The van der Waals surface area contributed by atoms with Crippen LogP contribution in [-0.2, 0) is 0 Å². The van der Waals surface area contributed by atoms with Crippen LogP contribution in [0.15, 0.2) is 28.9 Å². The minimum absolute atomic E-state index is 0.00307. The van der Waals surface area contributed by atoms with Crippen molar-refractivity contribution < 1.29 is 14.0 Å². The largest absolute Gasteiger partial charge is 0.463 e. The Balaban J connectivity index is 1.37. The van der Waals surface area contributed by atoms with Crippen LogP contribution in [0.4, 0.5) is 0 Å². The number of fused-ring (bicyclic) bond motifs is 3. The van der Waals surface area contributed by atoms with Crippen LogP contribution in [0.5, 0.6) is 0 Å². The first kappa shape index (κ1) is 16.8. The molecular formula is C21H25N3O3. The summed E-state index contributed by atoms with van der Waals surface area (Å²) in [5, 5.41) is 7.44. The normalized spacial score (nSPS) is 27.3. The van der Waals surface area contributed by atoms with E-state index < -0.39 is 0 Å². The van der Waals surface area contributed by atoms with Crippen molar-refractivity contribution in [2.24, 2.45) is 0 Å². The molecule has 2 amide bonds. The van der Waals surface area contributed by atoms with E-state index in [1.807, 2.05) is 4.90 Å². The first-order valence-electron chi connectivity index (χ1n) is 10.1.